The molecule has 1 aliphatic rings. The van der Waals surface area contributed by atoms with E-state index < -0.39 is 0 Å². The van der Waals surface area contributed by atoms with Crippen molar-refractivity contribution < 1.29 is 4.74 Å². The third-order valence-electron chi connectivity index (χ3n) is 3.58. The van der Waals surface area contributed by atoms with E-state index in [1.54, 1.807) is 0 Å². The van der Waals surface area contributed by atoms with Crippen LogP contribution in [0.1, 0.15) is 5.56 Å². The highest BCUT2D eigenvalue weighted by molar-refractivity contribution is 6.31. The van der Waals surface area contributed by atoms with Gasteiger partial charge in [-0.1, -0.05) is 23.7 Å². The molecule has 0 amide bonds. The number of imidazole rings is 1. The smallest absolute Gasteiger partial charge is 0.0951 e. The Morgan fingerprint density at radius 1 is 1.50 bits per heavy atom. The molecular weight excluding hydrogens is 274 g/mol. The molecule has 1 fully saturated rings. The lowest BCUT2D eigenvalue weighted by Crippen LogP contribution is -2.40. The van der Waals surface area contributed by atoms with Crippen LogP contribution in [0.4, 0.5) is 0 Å². The van der Waals surface area contributed by atoms with Crippen LogP contribution in [-0.4, -0.2) is 35.4 Å². The summed E-state index contributed by atoms with van der Waals surface area (Å²) in [5.74, 6) is 0. The van der Waals surface area contributed by atoms with Gasteiger partial charge in [0.1, 0.15) is 0 Å². The van der Waals surface area contributed by atoms with Gasteiger partial charge in [-0.15, -0.1) is 0 Å². The van der Waals surface area contributed by atoms with Crippen molar-refractivity contribution in [3.05, 3.63) is 41.3 Å². The number of aryl methyl sites for hydroxylation is 1. The Labute approximate surface area is 123 Å². The maximum absolute atomic E-state index is 6.21. The monoisotopic (exact) mass is 291 g/mol. The molecule has 0 spiro atoms. The molecule has 1 aromatic carbocycles. The Hall–Kier alpha value is -1.36. The van der Waals surface area contributed by atoms with E-state index in [1.165, 1.54) is 0 Å². The second-order valence-corrected chi connectivity index (χ2v) is 5.50. The molecule has 1 aromatic heterocycles. The van der Waals surface area contributed by atoms with Crippen molar-refractivity contribution in [3.8, 4) is 11.3 Å². The summed E-state index contributed by atoms with van der Waals surface area (Å²) in [6.07, 6.45) is 3.91. The molecule has 5 heteroatoms. The molecule has 1 saturated heterocycles. The molecule has 0 bridgehead atoms. The third-order valence-corrected chi connectivity index (χ3v) is 3.99. The normalized spacial score (nSPS) is 19.2. The van der Waals surface area contributed by atoms with Crippen LogP contribution < -0.4 is 5.32 Å². The van der Waals surface area contributed by atoms with Crippen LogP contribution in [0, 0.1) is 6.92 Å². The largest absolute Gasteiger partial charge is 0.374 e. The van der Waals surface area contributed by atoms with Crippen LogP contribution in [0.3, 0.4) is 0 Å². The molecular formula is C15H18ClN3O. The van der Waals surface area contributed by atoms with Crippen molar-refractivity contribution in [2.24, 2.45) is 0 Å². The molecule has 1 aliphatic heterocycles. The Bertz CT molecular complexity index is 591. The van der Waals surface area contributed by atoms with Crippen LogP contribution in [0.25, 0.3) is 11.3 Å². The van der Waals surface area contributed by atoms with Crippen molar-refractivity contribution >= 4 is 11.6 Å². The number of rotatable bonds is 3. The van der Waals surface area contributed by atoms with Gasteiger partial charge in [-0.05, 0) is 18.6 Å². The highest BCUT2D eigenvalue weighted by Crippen LogP contribution is 2.25. The zero-order chi connectivity index (χ0) is 13.9. The first kappa shape index (κ1) is 13.6. The lowest BCUT2D eigenvalue weighted by atomic mass is 10.1. The fourth-order valence-corrected chi connectivity index (χ4v) is 2.60. The number of aromatic nitrogens is 2. The van der Waals surface area contributed by atoms with E-state index in [-0.39, 0.29) is 6.10 Å². The number of hydrogen-bond donors (Lipinski definition) is 1. The van der Waals surface area contributed by atoms with Gasteiger partial charge in [-0.25, -0.2) is 4.98 Å². The molecule has 0 saturated carbocycles. The molecule has 1 N–H and O–H groups in total. The predicted octanol–water partition coefficient (Wildman–Crippen LogP) is 2.50. The number of nitrogens with zero attached hydrogens (tertiary/aromatic N) is 2. The summed E-state index contributed by atoms with van der Waals surface area (Å²) in [5, 5.41) is 4.13. The standard InChI is InChI=1S/C15H18ClN3O/c1-11-2-3-12(6-14(11)16)15-8-18-10-19(15)9-13-7-17-4-5-20-13/h2-3,6,8,10,13,17H,4-5,7,9H2,1H3. The molecule has 1 unspecified atom stereocenters. The van der Waals surface area contributed by atoms with Crippen LogP contribution in [-0.2, 0) is 11.3 Å². The predicted molar refractivity (Wildman–Crippen MR) is 80.0 cm³/mol. The zero-order valence-corrected chi connectivity index (χ0v) is 12.2. The van der Waals surface area contributed by atoms with Gasteiger partial charge in [0.05, 0.1) is 37.5 Å². The Kier molecular flexibility index (Phi) is 4.05. The fourth-order valence-electron chi connectivity index (χ4n) is 2.42. The Morgan fingerprint density at radius 2 is 2.40 bits per heavy atom. The second kappa shape index (κ2) is 5.95. The van der Waals surface area contributed by atoms with E-state index in [0.29, 0.717) is 0 Å². The van der Waals surface area contributed by atoms with E-state index in [2.05, 4.69) is 20.9 Å². The zero-order valence-electron chi connectivity index (χ0n) is 11.5. The quantitative estimate of drug-likeness (QED) is 0.944. The van der Waals surface area contributed by atoms with E-state index >= 15 is 0 Å². The van der Waals surface area contributed by atoms with Crippen LogP contribution >= 0.6 is 11.6 Å². The summed E-state index contributed by atoms with van der Waals surface area (Å²) in [6, 6.07) is 6.10. The SMILES string of the molecule is Cc1ccc(-c2cncn2CC2CNCCO2)cc1Cl. The number of halogens is 1. The summed E-state index contributed by atoms with van der Waals surface area (Å²) >= 11 is 6.21. The first-order chi connectivity index (χ1) is 9.74. The molecule has 3 rings (SSSR count). The number of morpholine rings is 1. The summed E-state index contributed by atoms with van der Waals surface area (Å²) in [6.45, 7) is 5.39. The summed E-state index contributed by atoms with van der Waals surface area (Å²) in [5.41, 5.74) is 3.24. The molecule has 2 heterocycles. The topological polar surface area (TPSA) is 39.1 Å². The lowest BCUT2D eigenvalue weighted by Gasteiger charge is -2.24. The first-order valence-electron chi connectivity index (χ1n) is 6.83. The third kappa shape index (κ3) is 2.87. The van der Waals surface area contributed by atoms with Gasteiger partial charge >= 0.3 is 0 Å². The number of ether oxygens (including phenoxy) is 1. The van der Waals surface area contributed by atoms with E-state index in [4.69, 9.17) is 16.3 Å². The van der Waals surface area contributed by atoms with Gasteiger partial charge in [0.25, 0.3) is 0 Å². The average molecular weight is 292 g/mol. The highest BCUT2D eigenvalue weighted by atomic mass is 35.5. The van der Waals surface area contributed by atoms with Gasteiger partial charge in [0.2, 0.25) is 0 Å². The van der Waals surface area contributed by atoms with Gasteiger partial charge in [0, 0.05) is 23.7 Å². The minimum atomic E-state index is 0.192. The molecule has 4 nitrogen and oxygen atoms in total. The highest BCUT2D eigenvalue weighted by Gasteiger charge is 2.16. The van der Waals surface area contributed by atoms with Crippen molar-refractivity contribution in [3.63, 3.8) is 0 Å². The van der Waals surface area contributed by atoms with Gasteiger partial charge < -0.3 is 14.6 Å². The molecule has 0 aliphatic carbocycles. The molecule has 2 aromatic rings. The summed E-state index contributed by atoms with van der Waals surface area (Å²) in [4.78, 5) is 4.26. The van der Waals surface area contributed by atoms with Gasteiger partial charge in [0.15, 0.2) is 0 Å². The average Bonchev–Trinajstić information content (AvgIpc) is 2.91. The second-order valence-electron chi connectivity index (χ2n) is 5.09. The maximum atomic E-state index is 6.21. The number of benzene rings is 1. The van der Waals surface area contributed by atoms with Crippen molar-refractivity contribution in [2.75, 3.05) is 19.7 Å². The first-order valence-corrected chi connectivity index (χ1v) is 7.21. The molecule has 1 atom stereocenters. The maximum Gasteiger partial charge on any atom is 0.0951 e. The van der Waals surface area contributed by atoms with E-state index in [1.807, 2.05) is 31.6 Å². The van der Waals surface area contributed by atoms with Crippen LogP contribution in [0.15, 0.2) is 30.7 Å². The minimum absolute atomic E-state index is 0.192. The molecule has 0 radical (unpaired) electrons. The lowest BCUT2D eigenvalue weighted by molar-refractivity contribution is 0.0184. The molecule has 106 valence electrons. The van der Waals surface area contributed by atoms with Crippen LogP contribution in [0.2, 0.25) is 5.02 Å². The van der Waals surface area contributed by atoms with Crippen molar-refractivity contribution in [1.82, 2.24) is 14.9 Å². The summed E-state index contributed by atoms with van der Waals surface area (Å²) in [7, 11) is 0. The fraction of sp³-hybridized carbons (Fsp3) is 0.400. The van der Waals surface area contributed by atoms with E-state index in [0.717, 1.165) is 48.1 Å². The minimum Gasteiger partial charge on any atom is -0.374 e. The number of nitrogens with one attached hydrogen (secondary N) is 1. The van der Waals surface area contributed by atoms with Crippen molar-refractivity contribution in [2.45, 2.75) is 19.6 Å². The number of hydrogen-bond acceptors (Lipinski definition) is 3. The van der Waals surface area contributed by atoms with Gasteiger partial charge in [-0.3, -0.25) is 0 Å². The van der Waals surface area contributed by atoms with Gasteiger partial charge in [-0.2, -0.15) is 0 Å². The van der Waals surface area contributed by atoms with E-state index in [9.17, 15) is 0 Å². The van der Waals surface area contributed by atoms with Crippen LogP contribution in [0.5, 0.6) is 0 Å². The van der Waals surface area contributed by atoms with Crippen molar-refractivity contribution in [1.29, 1.82) is 0 Å². The molecule has 20 heavy (non-hydrogen) atoms. The Morgan fingerprint density at radius 3 is 3.15 bits per heavy atom. The summed E-state index contributed by atoms with van der Waals surface area (Å²) < 4.78 is 7.87. The Balaban J connectivity index is 1.83.